The van der Waals surface area contributed by atoms with Crippen LogP contribution in [-0.4, -0.2) is 17.5 Å². The summed E-state index contributed by atoms with van der Waals surface area (Å²) in [5, 5.41) is 3.97. The summed E-state index contributed by atoms with van der Waals surface area (Å²) in [5.41, 5.74) is 1.01. The Labute approximate surface area is 174 Å². The first-order valence-electron chi connectivity index (χ1n) is 9.45. The number of carbonyl (C=O) groups excluding carboxylic acids is 1. The van der Waals surface area contributed by atoms with E-state index in [1.165, 1.54) is 18.3 Å². The van der Waals surface area contributed by atoms with Gasteiger partial charge in [-0.05, 0) is 54.5 Å². The molecule has 0 aliphatic rings. The van der Waals surface area contributed by atoms with Crippen molar-refractivity contribution in [3.05, 3.63) is 60.3 Å². The standard InChI is InChI=1S/C22H24N2O4S/c1-4-12-26-19-6-5-7-20(13-19)28-22-23-14-21(29-22)27-18-10-8-17(9-11-18)15(2)24-16(3)25/h5-11,13-15H,4,12H2,1-3H3,(H,24,25). The third kappa shape index (κ3) is 6.22. The molecule has 0 saturated heterocycles. The van der Waals surface area contributed by atoms with E-state index in [1.54, 1.807) is 6.20 Å². The summed E-state index contributed by atoms with van der Waals surface area (Å²) in [4.78, 5) is 15.4. The number of aromatic nitrogens is 1. The molecule has 0 saturated carbocycles. The lowest BCUT2D eigenvalue weighted by atomic mass is 10.1. The highest BCUT2D eigenvalue weighted by molar-refractivity contribution is 7.15. The number of amides is 1. The lowest BCUT2D eigenvalue weighted by Crippen LogP contribution is -2.23. The van der Waals surface area contributed by atoms with Gasteiger partial charge in [-0.3, -0.25) is 4.79 Å². The van der Waals surface area contributed by atoms with Gasteiger partial charge >= 0.3 is 0 Å². The lowest BCUT2D eigenvalue weighted by molar-refractivity contribution is -0.119. The van der Waals surface area contributed by atoms with Crippen molar-refractivity contribution in [2.75, 3.05) is 6.61 Å². The van der Waals surface area contributed by atoms with Crippen LogP contribution >= 0.6 is 11.3 Å². The molecule has 1 atom stereocenters. The second-order valence-corrected chi connectivity index (χ2v) is 7.42. The maximum atomic E-state index is 11.2. The number of carbonyl (C=O) groups is 1. The van der Waals surface area contributed by atoms with Crippen molar-refractivity contribution in [3.8, 4) is 27.5 Å². The maximum absolute atomic E-state index is 11.2. The Morgan fingerprint density at radius 1 is 1.10 bits per heavy atom. The second kappa shape index (κ2) is 9.93. The molecule has 0 radical (unpaired) electrons. The molecule has 2 aromatic carbocycles. The van der Waals surface area contributed by atoms with Crippen molar-refractivity contribution < 1.29 is 19.0 Å². The zero-order chi connectivity index (χ0) is 20.6. The predicted octanol–water partition coefficient (Wildman–Crippen LogP) is 5.71. The number of thiazole rings is 1. The van der Waals surface area contributed by atoms with Crippen molar-refractivity contribution in [1.29, 1.82) is 0 Å². The van der Waals surface area contributed by atoms with Crippen LogP contribution in [0.15, 0.2) is 54.7 Å². The van der Waals surface area contributed by atoms with Gasteiger partial charge < -0.3 is 19.5 Å². The van der Waals surface area contributed by atoms with E-state index in [1.807, 2.05) is 55.5 Å². The minimum Gasteiger partial charge on any atom is -0.493 e. The third-order valence-electron chi connectivity index (χ3n) is 3.97. The topological polar surface area (TPSA) is 69.7 Å². The number of hydrogen-bond donors (Lipinski definition) is 1. The van der Waals surface area contributed by atoms with E-state index in [9.17, 15) is 4.79 Å². The Morgan fingerprint density at radius 2 is 1.86 bits per heavy atom. The van der Waals surface area contributed by atoms with Gasteiger partial charge in [0.2, 0.25) is 11.0 Å². The van der Waals surface area contributed by atoms with Crippen LogP contribution in [0.25, 0.3) is 0 Å². The highest BCUT2D eigenvalue weighted by Crippen LogP contribution is 2.35. The van der Waals surface area contributed by atoms with Gasteiger partial charge in [0, 0.05) is 13.0 Å². The van der Waals surface area contributed by atoms with E-state index in [2.05, 4.69) is 17.2 Å². The molecule has 152 valence electrons. The lowest BCUT2D eigenvalue weighted by Gasteiger charge is -2.13. The SMILES string of the molecule is CCCOc1cccc(Oc2ncc(Oc3ccc(C(C)NC(C)=O)cc3)s2)c1. The fourth-order valence-corrected chi connectivity index (χ4v) is 3.27. The van der Waals surface area contributed by atoms with Crippen molar-refractivity contribution in [2.24, 2.45) is 0 Å². The minimum absolute atomic E-state index is 0.0537. The normalized spacial score (nSPS) is 11.6. The van der Waals surface area contributed by atoms with E-state index < -0.39 is 0 Å². The van der Waals surface area contributed by atoms with E-state index in [0.29, 0.717) is 28.4 Å². The van der Waals surface area contributed by atoms with Crippen LogP contribution in [0.5, 0.6) is 27.5 Å². The first kappa shape index (κ1) is 20.7. The van der Waals surface area contributed by atoms with E-state index in [0.717, 1.165) is 17.7 Å². The molecule has 1 unspecified atom stereocenters. The van der Waals surface area contributed by atoms with Gasteiger partial charge in [-0.1, -0.05) is 25.1 Å². The number of benzene rings is 2. The summed E-state index contributed by atoms with van der Waals surface area (Å²) in [5.74, 6) is 2.06. The number of ether oxygens (including phenoxy) is 3. The van der Waals surface area contributed by atoms with Gasteiger partial charge in [0.25, 0.3) is 5.19 Å². The summed E-state index contributed by atoms with van der Waals surface area (Å²) in [6.07, 6.45) is 2.58. The van der Waals surface area contributed by atoms with Gasteiger partial charge in [-0.25, -0.2) is 4.98 Å². The summed E-state index contributed by atoms with van der Waals surface area (Å²) < 4.78 is 17.3. The third-order valence-corrected chi connectivity index (χ3v) is 4.72. The van der Waals surface area contributed by atoms with Crippen LogP contribution in [0, 0.1) is 0 Å². The molecule has 3 rings (SSSR count). The Hall–Kier alpha value is -3.06. The van der Waals surface area contributed by atoms with Crippen LogP contribution in [0.1, 0.15) is 38.8 Å². The number of hydrogen-bond acceptors (Lipinski definition) is 6. The van der Waals surface area contributed by atoms with Crippen LogP contribution in [0.4, 0.5) is 0 Å². The second-order valence-electron chi connectivity index (χ2n) is 6.46. The van der Waals surface area contributed by atoms with E-state index in [4.69, 9.17) is 14.2 Å². The number of nitrogens with one attached hydrogen (secondary N) is 1. The molecule has 3 aromatic rings. The van der Waals surface area contributed by atoms with Gasteiger partial charge in [0.1, 0.15) is 17.2 Å². The Bertz CT molecular complexity index is 940. The van der Waals surface area contributed by atoms with Crippen LogP contribution < -0.4 is 19.5 Å². The quantitative estimate of drug-likeness (QED) is 0.487. The van der Waals surface area contributed by atoms with Crippen molar-refractivity contribution in [1.82, 2.24) is 10.3 Å². The molecule has 29 heavy (non-hydrogen) atoms. The molecule has 0 aliphatic heterocycles. The fourth-order valence-electron chi connectivity index (χ4n) is 2.62. The maximum Gasteiger partial charge on any atom is 0.282 e. The number of rotatable bonds is 9. The highest BCUT2D eigenvalue weighted by atomic mass is 32.1. The highest BCUT2D eigenvalue weighted by Gasteiger charge is 2.09. The zero-order valence-electron chi connectivity index (χ0n) is 16.7. The predicted molar refractivity (Wildman–Crippen MR) is 113 cm³/mol. The van der Waals surface area contributed by atoms with Crippen LogP contribution in [0.3, 0.4) is 0 Å². The molecule has 0 spiro atoms. The smallest absolute Gasteiger partial charge is 0.282 e. The largest absolute Gasteiger partial charge is 0.493 e. The van der Waals surface area contributed by atoms with Gasteiger partial charge in [0.15, 0.2) is 0 Å². The molecule has 1 heterocycles. The molecular formula is C22H24N2O4S. The fraction of sp³-hybridized carbons (Fsp3) is 0.273. The summed E-state index contributed by atoms with van der Waals surface area (Å²) in [6, 6.07) is 15.0. The summed E-state index contributed by atoms with van der Waals surface area (Å²) in [6.45, 7) is 6.17. The molecule has 1 N–H and O–H groups in total. The van der Waals surface area contributed by atoms with Gasteiger partial charge in [-0.15, -0.1) is 0 Å². The van der Waals surface area contributed by atoms with Crippen LogP contribution in [0.2, 0.25) is 0 Å². The van der Waals surface area contributed by atoms with E-state index in [-0.39, 0.29) is 11.9 Å². The van der Waals surface area contributed by atoms with Crippen molar-refractivity contribution >= 4 is 17.2 Å². The summed E-state index contributed by atoms with van der Waals surface area (Å²) in [7, 11) is 0. The average molecular weight is 413 g/mol. The van der Waals surface area contributed by atoms with Crippen LogP contribution in [-0.2, 0) is 4.79 Å². The molecule has 7 heteroatoms. The molecule has 1 amide bonds. The molecule has 0 bridgehead atoms. The molecule has 0 aliphatic carbocycles. The molecule has 1 aromatic heterocycles. The van der Waals surface area contributed by atoms with Crippen molar-refractivity contribution in [3.63, 3.8) is 0 Å². The molecule has 0 fully saturated rings. The zero-order valence-corrected chi connectivity index (χ0v) is 17.5. The van der Waals surface area contributed by atoms with Gasteiger partial charge in [-0.2, -0.15) is 0 Å². The Balaban J connectivity index is 1.60. The average Bonchev–Trinajstić information content (AvgIpc) is 3.13. The Morgan fingerprint density at radius 3 is 2.59 bits per heavy atom. The molecule has 6 nitrogen and oxygen atoms in total. The van der Waals surface area contributed by atoms with Crippen molar-refractivity contribution in [2.45, 2.75) is 33.2 Å². The first-order chi connectivity index (χ1) is 14.0. The van der Waals surface area contributed by atoms with E-state index >= 15 is 0 Å². The molecular weight excluding hydrogens is 388 g/mol. The number of nitrogens with zero attached hydrogens (tertiary/aromatic N) is 1. The monoisotopic (exact) mass is 412 g/mol. The minimum atomic E-state index is -0.0579. The Kier molecular flexibility index (Phi) is 7.08. The first-order valence-corrected chi connectivity index (χ1v) is 10.3. The summed E-state index contributed by atoms with van der Waals surface area (Å²) >= 11 is 1.31. The van der Waals surface area contributed by atoms with Gasteiger partial charge in [0.05, 0.1) is 18.8 Å².